The van der Waals surface area contributed by atoms with Gasteiger partial charge in [-0.1, -0.05) is 17.7 Å². The van der Waals surface area contributed by atoms with E-state index in [4.69, 9.17) is 0 Å². The largest absolute Gasteiger partial charge is 0.453 e. The molecule has 22 heavy (non-hydrogen) atoms. The summed E-state index contributed by atoms with van der Waals surface area (Å²) in [4.78, 5) is 35.2. The summed E-state index contributed by atoms with van der Waals surface area (Å²) in [5.41, 5.74) is 1.66. The third-order valence-corrected chi connectivity index (χ3v) is 3.65. The summed E-state index contributed by atoms with van der Waals surface area (Å²) in [6.07, 6.45) is -0.854. The van der Waals surface area contributed by atoms with E-state index in [-0.39, 0.29) is 11.5 Å². The van der Waals surface area contributed by atoms with Gasteiger partial charge in [0.1, 0.15) is 5.00 Å². The molecule has 2 N–H and O–H groups in total. The van der Waals surface area contributed by atoms with E-state index >= 15 is 0 Å². The van der Waals surface area contributed by atoms with Gasteiger partial charge in [0.15, 0.2) is 0 Å². The van der Waals surface area contributed by atoms with Gasteiger partial charge in [-0.3, -0.25) is 14.9 Å². The molecular weight excluding hydrogens is 304 g/mol. The molecule has 7 heteroatoms. The smallest absolute Gasteiger partial charge is 0.413 e. The molecule has 0 unspecified atom stereocenters. The molecule has 0 spiro atoms. The number of aryl methyl sites for hydroxylation is 1. The van der Waals surface area contributed by atoms with Crippen molar-refractivity contribution in [2.24, 2.45) is 0 Å². The van der Waals surface area contributed by atoms with Crippen molar-refractivity contribution in [2.75, 3.05) is 12.4 Å². The van der Waals surface area contributed by atoms with Crippen molar-refractivity contribution >= 4 is 34.2 Å². The summed E-state index contributed by atoms with van der Waals surface area (Å²) < 4.78 is 4.37. The van der Waals surface area contributed by atoms with Crippen LogP contribution in [0.15, 0.2) is 35.7 Å². The van der Waals surface area contributed by atoms with Gasteiger partial charge in [0.2, 0.25) is 0 Å². The molecule has 0 radical (unpaired) electrons. The Balaban J connectivity index is 2.14. The third-order valence-electron chi connectivity index (χ3n) is 2.82. The number of carbonyl (C=O) groups is 3. The van der Waals surface area contributed by atoms with Crippen LogP contribution < -0.4 is 10.6 Å². The van der Waals surface area contributed by atoms with Crippen LogP contribution in [0.25, 0.3) is 0 Å². The zero-order valence-electron chi connectivity index (χ0n) is 12.0. The molecule has 0 aliphatic heterocycles. The van der Waals surface area contributed by atoms with Crippen molar-refractivity contribution in [3.8, 4) is 0 Å². The fraction of sp³-hybridized carbons (Fsp3) is 0.133. The second-order valence-corrected chi connectivity index (χ2v) is 5.35. The average molecular weight is 318 g/mol. The van der Waals surface area contributed by atoms with Crippen LogP contribution in [0.5, 0.6) is 0 Å². The van der Waals surface area contributed by atoms with Crippen molar-refractivity contribution in [2.45, 2.75) is 6.92 Å². The highest BCUT2D eigenvalue weighted by Gasteiger charge is 2.18. The first-order chi connectivity index (χ1) is 10.5. The van der Waals surface area contributed by atoms with Gasteiger partial charge in [-0.2, -0.15) is 0 Å². The van der Waals surface area contributed by atoms with Gasteiger partial charge < -0.3 is 10.1 Å². The van der Waals surface area contributed by atoms with Gasteiger partial charge in [0.05, 0.1) is 12.7 Å². The molecule has 0 saturated heterocycles. The molecule has 1 aromatic heterocycles. The summed E-state index contributed by atoms with van der Waals surface area (Å²) in [5.74, 6) is -0.953. The minimum absolute atomic E-state index is 0.205. The number of methoxy groups -OCH3 is 1. The van der Waals surface area contributed by atoms with E-state index in [0.717, 1.165) is 12.7 Å². The van der Waals surface area contributed by atoms with Gasteiger partial charge in [0, 0.05) is 5.56 Å². The number of nitrogens with one attached hydrogen (secondary N) is 2. The van der Waals surface area contributed by atoms with Crippen LogP contribution in [-0.2, 0) is 4.74 Å². The Morgan fingerprint density at radius 3 is 2.59 bits per heavy atom. The fourth-order valence-electron chi connectivity index (χ4n) is 1.76. The van der Waals surface area contributed by atoms with E-state index in [2.05, 4.69) is 10.1 Å². The van der Waals surface area contributed by atoms with Crippen LogP contribution in [0.4, 0.5) is 9.80 Å². The van der Waals surface area contributed by atoms with E-state index in [1.54, 1.807) is 23.6 Å². The van der Waals surface area contributed by atoms with Crippen LogP contribution in [0.3, 0.4) is 0 Å². The molecule has 2 rings (SSSR count). The lowest BCUT2D eigenvalue weighted by atomic mass is 10.1. The normalized spacial score (nSPS) is 9.91. The van der Waals surface area contributed by atoms with Gasteiger partial charge in [-0.15, -0.1) is 11.3 Å². The highest BCUT2D eigenvalue weighted by Crippen LogP contribution is 2.24. The minimum atomic E-state index is -0.854. The zero-order chi connectivity index (χ0) is 16.1. The van der Waals surface area contributed by atoms with Gasteiger partial charge >= 0.3 is 6.09 Å². The molecule has 0 atom stereocenters. The van der Waals surface area contributed by atoms with Crippen LogP contribution >= 0.6 is 11.3 Å². The number of carbonyl (C=O) groups excluding carboxylic acids is 3. The van der Waals surface area contributed by atoms with E-state index in [9.17, 15) is 14.4 Å². The quantitative estimate of drug-likeness (QED) is 0.911. The summed E-state index contributed by atoms with van der Waals surface area (Å²) in [6, 6.07) is 8.62. The maximum atomic E-state index is 12.2. The maximum Gasteiger partial charge on any atom is 0.413 e. The summed E-state index contributed by atoms with van der Waals surface area (Å²) in [5, 5.41) is 6.74. The lowest BCUT2D eigenvalue weighted by molar-refractivity contribution is 0.0938. The molecule has 2 aromatic rings. The number of alkyl carbamates (subject to hydrolysis) is 1. The average Bonchev–Trinajstić information content (AvgIpc) is 2.95. The lowest BCUT2D eigenvalue weighted by Gasteiger charge is -2.07. The SMILES string of the molecule is COC(=O)NC(=O)c1ccsc1NC(=O)c1cccc(C)c1. The Labute approximate surface area is 131 Å². The Kier molecular flexibility index (Phi) is 4.90. The van der Waals surface area contributed by atoms with Crippen molar-refractivity contribution in [1.82, 2.24) is 5.32 Å². The second-order valence-electron chi connectivity index (χ2n) is 4.43. The Morgan fingerprint density at radius 1 is 1.14 bits per heavy atom. The van der Waals surface area contributed by atoms with Crippen molar-refractivity contribution in [3.63, 3.8) is 0 Å². The van der Waals surface area contributed by atoms with Crippen LogP contribution in [0, 0.1) is 6.92 Å². The molecular formula is C15H14N2O4S. The number of benzene rings is 1. The first-order valence-electron chi connectivity index (χ1n) is 6.36. The predicted molar refractivity (Wildman–Crippen MR) is 83.3 cm³/mol. The summed E-state index contributed by atoms with van der Waals surface area (Å²) in [7, 11) is 1.16. The number of thiophene rings is 1. The van der Waals surface area contributed by atoms with Crippen LogP contribution in [0.2, 0.25) is 0 Å². The Hall–Kier alpha value is -2.67. The number of amides is 3. The number of anilines is 1. The van der Waals surface area contributed by atoms with Gasteiger partial charge in [-0.25, -0.2) is 4.79 Å². The molecule has 1 aromatic carbocycles. The first kappa shape index (κ1) is 15.7. The molecule has 0 aliphatic rings. The third kappa shape index (κ3) is 3.70. The second kappa shape index (κ2) is 6.86. The number of ether oxygens (including phenoxy) is 1. The van der Waals surface area contributed by atoms with E-state index in [1.807, 2.05) is 18.3 Å². The number of rotatable bonds is 3. The van der Waals surface area contributed by atoms with E-state index in [1.165, 1.54) is 17.4 Å². The fourth-order valence-corrected chi connectivity index (χ4v) is 2.54. The van der Waals surface area contributed by atoms with Gasteiger partial charge in [-0.05, 0) is 30.5 Å². The highest BCUT2D eigenvalue weighted by molar-refractivity contribution is 7.14. The molecule has 0 fully saturated rings. The summed E-state index contributed by atoms with van der Waals surface area (Å²) in [6.45, 7) is 1.89. The van der Waals surface area contributed by atoms with E-state index < -0.39 is 12.0 Å². The van der Waals surface area contributed by atoms with Crippen LogP contribution in [-0.4, -0.2) is 25.0 Å². The van der Waals surface area contributed by atoms with E-state index in [0.29, 0.717) is 10.6 Å². The topological polar surface area (TPSA) is 84.5 Å². The molecule has 1 heterocycles. The lowest BCUT2D eigenvalue weighted by Crippen LogP contribution is -2.30. The number of hydrogen-bond acceptors (Lipinski definition) is 5. The molecule has 0 saturated carbocycles. The van der Waals surface area contributed by atoms with Crippen molar-refractivity contribution in [1.29, 1.82) is 0 Å². The predicted octanol–water partition coefficient (Wildman–Crippen LogP) is 2.81. The first-order valence-corrected chi connectivity index (χ1v) is 7.24. The Morgan fingerprint density at radius 2 is 1.91 bits per heavy atom. The standard InChI is InChI=1S/C15H14N2O4S/c1-9-4-3-5-10(8-9)12(18)16-14-11(6-7-22-14)13(19)17-15(20)21-2/h3-8H,1-2H3,(H,16,18)(H,17,19,20). The molecule has 0 bridgehead atoms. The summed E-state index contributed by atoms with van der Waals surface area (Å²) >= 11 is 1.19. The monoisotopic (exact) mass is 318 g/mol. The molecule has 0 aliphatic carbocycles. The van der Waals surface area contributed by atoms with Crippen molar-refractivity contribution < 1.29 is 19.1 Å². The molecule has 3 amide bonds. The van der Waals surface area contributed by atoms with Crippen molar-refractivity contribution in [3.05, 3.63) is 52.4 Å². The maximum absolute atomic E-state index is 12.2. The number of imide groups is 1. The Bertz CT molecular complexity index is 724. The van der Waals surface area contributed by atoms with Crippen LogP contribution in [0.1, 0.15) is 26.3 Å². The molecule has 114 valence electrons. The van der Waals surface area contributed by atoms with Gasteiger partial charge in [0.25, 0.3) is 11.8 Å². The number of hydrogen-bond donors (Lipinski definition) is 2. The highest BCUT2D eigenvalue weighted by atomic mass is 32.1. The molecule has 6 nitrogen and oxygen atoms in total. The zero-order valence-corrected chi connectivity index (χ0v) is 12.8. The minimum Gasteiger partial charge on any atom is -0.453 e.